The average molecular weight is 156 g/mol. The van der Waals surface area contributed by atoms with Crippen LogP contribution in [-0.2, 0) is 15.4 Å². The Morgan fingerprint density at radius 3 is 1.43 bits per heavy atom. The molecule has 0 saturated heterocycles. The molecule has 0 radical (unpaired) electrons. The van der Waals surface area contributed by atoms with Crippen LogP contribution in [0.5, 0.6) is 0 Å². The van der Waals surface area contributed by atoms with E-state index in [1.165, 1.54) is 0 Å². The first-order valence-corrected chi connectivity index (χ1v) is 1.84. The Morgan fingerprint density at radius 1 is 1.14 bits per heavy atom. The average Bonchev–Trinajstić information content (AvgIpc) is 1.27. The molecule has 0 spiro atoms. The first-order chi connectivity index (χ1) is 3.13. The Labute approximate surface area is 44.4 Å². The zero-order valence-corrected chi connectivity index (χ0v) is 3.77. The van der Waals surface area contributed by atoms with Crippen molar-refractivity contribution in [2.24, 2.45) is 0 Å². The summed E-state index contributed by atoms with van der Waals surface area (Å²) in [5.74, 6) is 0. The summed E-state index contributed by atoms with van der Waals surface area (Å²) < 4.78 is -2.19. The fourth-order valence-corrected chi connectivity index (χ4v) is 0.166. The van der Waals surface area contributed by atoms with Crippen molar-refractivity contribution >= 4 is 0 Å². The Balaban J connectivity index is 3.32. The number of nitro groups is 2. The van der Waals surface area contributed by atoms with Crippen LogP contribution in [0.25, 0.3) is 0 Å². The van der Waals surface area contributed by atoms with Crippen LogP contribution >= 0.6 is 0 Å². The maximum atomic E-state index is 9.13. The zero-order chi connectivity index (χ0) is 5.86. The summed E-state index contributed by atoms with van der Waals surface area (Å²) in [4.78, 5) is 18.3. The van der Waals surface area contributed by atoms with Crippen LogP contribution < -0.4 is 0 Å². The molecule has 0 N–H and O–H groups in total. The van der Waals surface area contributed by atoms with Crippen molar-refractivity contribution in [1.82, 2.24) is 0 Å². The molecule has 7 heteroatoms. The molecule has 7 heavy (non-hydrogen) atoms. The van der Waals surface area contributed by atoms with Gasteiger partial charge in [0.2, 0.25) is 0 Å². The van der Waals surface area contributed by atoms with Crippen LogP contribution in [0, 0.1) is 20.2 Å². The van der Waals surface area contributed by atoms with Gasteiger partial charge in [-0.1, -0.05) is 0 Å². The second kappa shape index (κ2) is 2.49. The van der Waals surface area contributed by atoms with E-state index in [1.54, 1.807) is 0 Å². The molecule has 0 fully saturated rings. The number of hydrogen-bond donors (Lipinski definition) is 0. The molecule has 0 rings (SSSR count). The van der Waals surface area contributed by atoms with Crippen LogP contribution in [0.1, 0.15) is 0 Å². The van der Waals surface area contributed by atoms with E-state index in [2.05, 4.69) is 0 Å². The SMILES string of the molecule is O=[N+]([O-])[Cu][N+](=O)[O-]. The predicted molar refractivity (Wildman–Crippen MR) is 14.0 cm³/mol. The Hall–Kier alpha value is -0.681. The molecular weight excluding hydrogens is 156 g/mol. The maximum absolute atomic E-state index is 9.13. The minimum absolute atomic E-state index is 0.465. The molecule has 0 amide bonds. The van der Waals surface area contributed by atoms with Gasteiger partial charge in [0, 0.05) is 0 Å². The molecule has 0 unspecified atom stereocenters. The van der Waals surface area contributed by atoms with E-state index in [-0.39, 0.29) is 0 Å². The fraction of sp³-hybridized carbons (Fsp3) is 0. The van der Waals surface area contributed by atoms with Gasteiger partial charge < -0.3 is 0 Å². The van der Waals surface area contributed by atoms with Crippen LogP contribution in [0.2, 0.25) is 0 Å². The topological polar surface area (TPSA) is 86.3 Å². The van der Waals surface area contributed by atoms with Crippen LogP contribution in [0.15, 0.2) is 0 Å². The van der Waals surface area contributed by atoms with Gasteiger partial charge >= 0.3 is 43.5 Å². The molecule has 45 valence electrons. The molecule has 0 atom stereocenters. The quantitative estimate of drug-likeness (QED) is 0.304. The molecule has 0 bridgehead atoms. The van der Waals surface area contributed by atoms with Gasteiger partial charge in [0.15, 0.2) is 0 Å². The van der Waals surface area contributed by atoms with Crippen molar-refractivity contribution in [1.29, 1.82) is 0 Å². The Kier molecular flexibility index (Phi) is 2.24. The fourth-order valence-electron chi connectivity index (χ4n) is 0.0402. The molecule has 0 aromatic heterocycles. The number of hydrogen-bond acceptors (Lipinski definition) is 4. The van der Waals surface area contributed by atoms with E-state index in [4.69, 9.17) is 20.2 Å². The molecule has 0 aliphatic heterocycles. The zero-order valence-electron chi connectivity index (χ0n) is 2.83. The summed E-state index contributed by atoms with van der Waals surface area (Å²) in [5, 5.41) is 18.3. The number of nitrogens with zero attached hydrogens (tertiary/aromatic N) is 2. The summed E-state index contributed by atoms with van der Waals surface area (Å²) in [6.45, 7) is 0. The number of rotatable bonds is 2. The standard InChI is InChI=1S/Cu.2NO2/c;2*2-1-3. The van der Waals surface area contributed by atoms with Gasteiger partial charge in [0.25, 0.3) is 0 Å². The molecule has 0 aromatic carbocycles. The Bertz CT molecular complexity index is 85.9. The van der Waals surface area contributed by atoms with Gasteiger partial charge in [0.05, 0.1) is 0 Å². The first kappa shape index (κ1) is 6.32. The van der Waals surface area contributed by atoms with Gasteiger partial charge in [-0.3, -0.25) is 0 Å². The van der Waals surface area contributed by atoms with E-state index in [0.29, 0.717) is 0 Å². The first-order valence-electron chi connectivity index (χ1n) is 1.000. The molecule has 0 saturated carbocycles. The second-order valence-electron chi connectivity index (χ2n) is 0.430. The van der Waals surface area contributed by atoms with E-state index in [1.807, 2.05) is 0 Å². The van der Waals surface area contributed by atoms with Crippen molar-refractivity contribution < 1.29 is 23.3 Å². The van der Waals surface area contributed by atoms with E-state index in [0.717, 1.165) is 0 Å². The van der Waals surface area contributed by atoms with E-state index < -0.39 is 23.3 Å². The van der Waals surface area contributed by atoms with Gasteiger partial charge in [0.1, 0.15) is 0 Å². The van der Waals surface area contributed by atoms with Crippen molar-refractivity contribution in [3.63, 3.8) is 0 Å². The molecule has 6 nitrogen and oxygen atoms in total. The Morgan fingerprint density at radius 2 is 1.43 bits per heavy atom. The molecule has 0 aliphatic carbocycles. The third kappa shape index (κ3) is 5.32. The van der Waals surface area contributed by atoms with Gasteiger partial charge in [-0.15, -0.1) is 0 Å². The third-order valence-electron chi connectivity index (χ3n) is 0.0985. The molecule has 0 aromatic rings. The molecular formula is CuN2O4. The van der Waals surface area contributed by atoms with Gasteiger partial charge in [-0.25, -0.2) is 0 Å². The summed E-state index contributed by atoms with van der Waals surface area (Å²) in [6, 6.07) is 0. The van der Waals surface area contributed by atoms with Crippen LogP contribution in [-0.4, -0.2) is 7.88 Å². The third-order valence-corrected chi connectivity index (χ3v) is 0.406. The second-order valence-corrected chi connectivity index (χ2v) is 1.31. The summed E-state index contributed by atoms with van der Waals surface area (Å²) in [7, 11) is 0. The summed E-state index contributed by atoms with van der Waals surface area (Å²) >= 11 is -0.465. The predicted octanol–water partition coefficient (Wildman–Crippen LogP) is -0.548. The van der Waals surface area contributed by atoms with Crippen LogP contribution in [0.4, 0.5) is 0 Å². The van der Waals surface area contributed by atoms with Crippen molar-refractivity contribution in [2.45, 2.75) is 0 Å². The molecule has 0 aliphatic rings. The summed E-state index contributed by atoms with van der Waals surface area (Å²) in [5.41, 5.74) is 0. The van der Waals surface area contributed by atoms with Gasteiger partial charge in [-0.05, 0) is 0 Å². The van der Waals surface area contributed by atoms with E-state index >= 15 is 0 Å². The monoisotopic (exact) mass is 155 g/mol. The van der Waals surface area contributed by atoms with Crippen LogP contribution in [0.3, 0.4) is 0 Å². The van der Waals surface area contributed by atoms with Crippen molar-refractivity contribution in [3.8, 4) is 0 Å². The van der Waals surface area contributed by atoms with Crippen molar-refractivity contribution in [3.05, 3.63) is 20.2 Å². The minimum atomic E-state index is -1.09. The molecule has 0 heterocycles. The normalized spacial score (nSPS) is 8.57. The summed E-state index contributed by atoms with van der Waals surface area (Å²) in [6.07, 6.45) is 0. The van der Waals surface area contributed by atoms with E-state index in [9.17, 15) is 0 Å². The van der Waals surface area contributed by atoms with Crippen molar-refractivity contribution in [2.75, 3.05) is 0 Å². The van der Waals surface area contributed by atoms with Gasteiger partial charge in [-0.2, -0.15) is 0 Å².